The number of carbonyl (C=O) groups is 2. The van der Waals surface area contributed by atoms with E-state index in [1.165, 1.54) is 0 Å². The van der Waals surface area contributed by atoms with Gasteiger partial charge in [0.2, 0.25) is 12.7 Å². The van der Waals surface area contributed by atoms with Crippen molar-refractivity contribution >= 4 is 12.0 Å². The molecule has 25 heavy (non-hydrogen) atoms. The minimum atomic E-state index is -0.588. The number of benzene rings is 1. The fourth-order valence-electron chi connectivity index (χ4n) is 2.61. The number of hydrogen-bond donors (Lipinski definition) is 1. The van der Waals surface area contributed by atoms with Crippen molar-refractivity contribution in [3.63, 3.8) is 0 Å². The van der Waals surface area contributed by atoms with Gasteiger partial charge in [0.15, 0.2) is 11.5 Å². The molecule has 0 aromatic heterocycles. The van der Waals surface area contributed by atoms with Crippen LogP contribution in [0.15, 0.2) is 18.2 Å². The topological polar surface area (TPSA) is 77.1 Å². The number of nitrogens with one attached hydrogen (secondary N) is 1. The molecule has 1 aliphatic heterocycles. The molecule has 1 aliphatic carbocycles. The number of hydrogen-bond acceptors (Lipinski definition) is 5. The van der Waals surface area contributed by atoms with Crippen LogP contribution >= 0.6 is 0 Å². The van der Waals surface area contributed by atoms with Crippen LogP contribution in [0.2, 0.25) is 0 Å². The fraction of sp³-hybridized carbons (Fsp3) is 0.556. The molecule has 136 valence electrons. The zero-order valence-corrected chi connectivity index (χ0v) is 14.8. The second-order valence-electron chi connectivity index (χ2n) is 7.30. The van der Waals surface area contributed by atoms with Crippen molar-refractivity contribution in [2.45, 2.75) is 51.8 Å². The third-order valence-electron chi connectivity index (χ3n) is 3.88. The Bertz CT molecular complexity index is 664. The number of alkyl carbamates (subject to hydrolysis) is 1. The van der Waals surface area contributed by atoms with E-state index in [1.807, 2.05) is 18.2 Å². The lowest BCUT2D eigenvalue weighted by Crippen LogP contribution is -2.42. The Kier molecular flexibility index (Phi) is 4.74. The van der Waals surface area contributed by atoms with Crippen LogP contribution in [-0.2, 0) is 16.1 Å². The molecule has 1 saturated carbocycles. The number of nitrogens with zero attached hydrogens (tertiary/aromatic N) is 1. The molecule has 0 spiro atoms. The Balaban J connectivity index is 1.57. The van der Waals surface area contributed by atoms with Crippen LogP contribution in [0.3, 0.4) is 0 Å². The van der Waals surface area contributed by atoms with Crippen LogP contribution < -0.4 is 14.8 Å². The zero-order chi connectivity index (χ0) is 18.0. The monoisotopic (exact) mass is 348 g/mol. The van der Waals surface area contributed by atoms with E-state index < -0.39 is 11.7 Å². The SMILES string of the molecule is CC(C)(C)OC(=O)NCC(=O)N(Cc1ccc2c(c1)OCO2)C1CC1. The summed E-state index contributed by atoms with van der Waals surface area (Å²) in [6.07, 6.45) is 1.39. The molecule has 1 N–H and O–H groups in total. The standard InChI is InChI=1S/C18H24N2O5/c1-18(2,3)25-17(22)19-9-16(21)20(13-5-6-13)10-12-4-7-14-15(8-12)24-11-23-14/h4,7-8,13H,5-6,9-11H2,1-3H3,(H,19,22). The van der Waals surface area contributed by atoms with E-state index in [1.54, 1.807) is 25.7 Å². The minimum absolute atomic E-state index is 0.0734. The highest BCUT2D eigenvalue weighted by Crippen LogP contribution is 2.34. The molecule has 1 aromatic rings. The van der Waals surface area contributed by atoms with Gasteiger partial charge in [0.1, 0.15) is 12.1 Å². The molecule has 3 rings (SSSR count). The molecule has 0 bridgehead atoms. The second-order valence-corrected chi connectivity index (χ2v) is 7.30. The number of ether oxygens (including phenoxy) is 3. The first-order valence-electron chi connectivity index (χ1n) is 8.47. The van der Waals surface area contributed by atoms with Crippen molar-refractivity contribution in [3.8, 4) is 11.5 Å². The lowest BCUT2D eigenvalue weighted by molar-refractivity contribution is -0.131. The van der Waals surface area contributed by atoms with E-state index in [0.29, 0.717) is 12.3 Å². The highest BCUT2D eigenvalue weighted by atomic mass is 16.7. The van der Waals surface area contributed by atoms with Crippen LogP contribution in [-0.4, -0.2) is 41.9 Å². The van der Waals surface area contributed by atoms with Gasteiger partial charge in [-0.25, -0.2) is 4.79 Å². The molecule has 2 aliphatic rings. The molecular formula is C18H24N2O5. The van der Waals surface area contributed by atoms with Gasteiger partial charge in [0.05, 0.1) is 0 Å². The number of amides is 2. The highest BCUT2D eigenvalue weighted by Gasteiger charge is 2.33. The van der Waals surface area contributed by atoms with Crippen LogP contribution in [0, 0.1) is 0 Å². The summed E-state index contributed by atoms with van der Waals surface area (Å²) in [6, 6.07) is 5.91. The summed E-state index contributed by atoms with van der Waals surface area (Å²) in [5, 5.41) is 2.53. The van der Waals surface area contributed by atoms with E-state index in [9.17, 15) is 9.59 Å². The van der Waals surface area contributed by atoms with Crippen molar-refractivity contribution in [2.24, 2.45) is 0 Å². The lowest BCUT2D eigenvalue weighted by atomic mass is 10.2. The average Bonchev–Trinajstić information content (AvgIpc) is 3.26. The average molecular weight is 348 g/mol. The molecule has 7 heteroatoms. The fourth-order valence-corrected chi connectivity index (χ4v) is 2.61. The first-order valence-corrected chi connectivity index (χ1v) is 8.47. The Morgan fingerprint density at radius 1 is 1.24 bits per heavy atom. The van der Waals surface area contributed by atoms with Crippen LogP contribution in [0.1, 0.15) is 39.2 Å². The first kappa shape index (κ1) is 17.4. The maximum atomic E-state index is 12.5. The molecule has 1 aromatic carbocycles. The van der Waals surface area contributed by atoms with Gasteiger partial charge in [-0.2, -0.15) is 0 Å². The zero-order valence-electron chi connectivity index (χ0n) is 14.8. The lowest BCUT2D eigenvalue weighted by Gasteiger charge is -2.24. The summed E-state index contributed by atoms with van der Waals surface area (Å²) in [6.45, 7) is 5.98. The van der Waals surface area contributed by atoms with Crippen molar-refractivity contribution in [1.82, 2.24) is 10.2 Å². The maximum Gasteiger partial charge on any atom is 0.408 e. The predicted molar refractivity (Wildman–Crippen MR) is 90.4 cm³/mol. The van der Waals surface area contributed by atoms with Gasteiger partial charge >= 0.3 is 6.09 Å². The third kappa shape index (κ3) is 4.78. The van der Waals surface area contributed by atoms with Crippen molar-refractivity contribution in [1.29, 1.82) is 0 Å². The van der Waals surface area contributed by atoms with Crippen LogP contribution in [0.5, 0.6) is 11.5 Å². The molecular weight excluding hydrogens is 324 g/mol. The largest absolute Gasteiger partial charge is 0.454 e. The Morgan fingerprint density at radius 2 is 1.96 bits per heavy atom. The van der Waals surface area contributed by atoms with Gasteiger partial charge in [-0.15, -0.1) is 0 Å². The van der Waals surface area contributed by atoms with Gasteiger partial charge in [-0.05, 0) is 51.3 Å². The summed E-state index contributed by atoms with van der Waals surface area (Å²) >= 11 is 0. The van der Waals surface area contributed by atoms with E-state index in [2.05, 4.69) is 5.32 Å². The quantitative estimate of drug-likeness (QED) is 0.884. The number of carbonyl (C=O) groups excluding carboxylic acids is 2. The summed E-state index contributed by atoms with van der Waals surface area (Å²) < 4.78 is 15.9. The smallest absolute Gasteiger partial charge is 0.408 e. The van der Waals surface area contributed by atoms with Gasteiger partial charge in [-0.1, -0.05) is 6.07 Å². The van der Waals surface area contributed by atoms with Crippen molar-refractivity contribution in [3.05, 3.63) is 23.8 Å². The summed E-state index contributed by atoms with van der Waals surface area (Å²) in [5.41, 5.74) is 0.386. The van der Waals surface area contributed by atoms with Gasteiger partial charge in [0.25, 0.3) is 0 Å². The van der Waals surface area contributed by atoms with E-state index in [-0.39, 0.29) is 25.3 Å². The van der Waals surface area contributed by atoms with Crippen molar-refractivity contribution < 1.29 is 23.8 Å². The summed E-state index contributed by atoms with van der Waals surface area (Å²) in [5.74, 6) is 1.30. The van der Waals surface area contributed by atoms with Gasteiger partial charge in [-0.3, -0.25) is 4.79 Å². The Morgan fingerprint density at radius 3 is 2.64 bits per heavy atom. The first-order chi connectivity index (χ1) is 11.8. The van der Waals surface area contributed by atoms with E-state index in [0.717, 1.165) is 24.2 Å². The minimum Gasteiger partial charge on any atom is -0.454 e. The van der Waals surface area contributed by atoms with Crippen LogP contribution in [0.25, 0.3) is 0 Å². The number of rotatable bonds is 5. The number of fused-ring (bicyclic) bond motifs is 1. The predicted octanol–water partition coefficient (Wildman–Crippen LogP) is 2.43. The highest BCUT2D eigenvalue weighted by molar-refractivity contribution is 5.82. The molecule has 2 amide bonds. The second kappa shape index (κ2) is 6.82. The summed E-state index contributed by atoms with van der Waals surface area (Å²) in [7, 11) is 0. The Hall–Kier alpha value is -2.44. The molecule has 0 radical (unpaired) electrons. The van der Waals surface area contributed by atoms with Gasteiger partial charge < -0.3 is 24.4 Å². The maximum absolute atomic E-state index is 12.5. The van der Waals surface area contributed by atoms with Crippen LogP contribution in [0.4, 0.5) is 4.79 Å². The third-order valence-corrected chi connectivity index (χ3v) is 3.88. The molecule has 7 nitrogen and oxygen atoms in total. The molecule has 1 fully saturated rings. The molecule has 0 unspecified atom stereocenters. The molecule has 0 atom stereocenters. The Labute approximate surface area is 147 Å². The molecule has 1 heterocycles. The van der Waals surface area contributed by atoms with E-state index >= 15 is 0 Å². The summed E-state index contributed by atoms with van der Waals surface area (Å²) in [4.78, 5) is 26.1. The van der Waals surface area contributed by atoms with Gasteiger partial charge in [0, 0.05) is 12.6 Å². The molecule has 0 saturated heterocycles. The normalized spacial score (nSPS) is 15.6. The van der Waals surface area contributed by atoms with Crippen molar-refractivity contribution in [2.75, 3.05) is 13.3 Å². The van der Waals surface area contributed by atoms with E-state index in [4.69, 9.17) is 14.2 Å².